The first kappa shape index (κ1) is 14.4. The van der Waals surface area contributed by atoms with E-state index in [0.717, 1.165) is 39.8 Å². The quantitative estimate of drug-likeness (QED) is 0.640. The van der Waals surface area contributed by atoms with Crippen LogP contribution in [-0.2, 0) is 17.8 Å². The van der Waals surface area contributed by atoms with Crippen LogP contribution in [0.4, 0.5) is 5.69 Å². The number of hydrogen-bond donors (Lipinski definition) is 0. The third kappa shape index (κ3) is 2.85. The monoisotopic (exact) mass is 322 g/mol. The van der Waals surface area contributed by atoms with Crippen molar-refractivity contribution < 1.29 is 4.74 Å². The predicted molar refractivity (Wildman–Crippen MR) is 93.8 cm³/mol. The Morgan fingerprint density at radius 1 is 1.13 bits per heavy atom. The average molecular weight is 323 g/mol. The number of nitrogens with zero attached hydrogens (tertiary/aromatic N) is 2. The van der Waals surface area contributed by atoms with Crippen LogP contribution in [0.5, 0.6) is 0 Å². The highest BCUT2D eigenvalue weighted by atomic mass is 35.5. The number of rotatable bonds is 2. The second kappa shape index (κ2) is 6.11. The maximum atomic E-state index is 6.12. The van der Waals surface area contributed by atoms with Crippen LogP contribution in [0.15, 0.2) is 53.5 Å². The third-order valence-corrected chi connectivity index (χ3v) is 4.21. The van der Waals surface area contributed by atoms with Gasteiger partial charge in [-0.2, -0.15) is 0 Å². The van der Waals surface area contributed by atoms with E-state index in [0.29, 0.717) is 18.2 Å². The molecule has 1 aliphatic rings. The van der Waals surface area contributed by atoms with E-state index in [1.807, 2.05) is 54.7 Å². The second-order valence-corrected chi connectivity index (χ2v) is 5.96. The molecule has 2 aromatic carbocycles. The van der Waals surface area contributed by atoms with Gasteiger partial charge in [-0.15, -0.1) is 0 Å². The van der Waals surface area contributed by atoms with E-state index in [2.05, 4.69) is 0 Å². The minimum absolute atomic E-state index is 0.558. The highest BCUT2D eigenvalue weighted by Gasteiger charge is 2.18. The van der Waals surface area contributed by atoms with Gasteiger partial charge in [0.2, 0.25) is 0 Å². The molecule has 1 aromatic heterocycles. The Labute approximate surface area is 139 Å². The fourth-order valence-electron chi connectivity index (χ4n) is 2.84. The summed E-state index contributed by atoms with van der Waals surface area (Å²) >= 11 is 6.12. The summed E-state index contributed by atoms with van der Waals surface area (Å²) in [6.07, 6.45) is 2.70. The van der Waals surface area contributed by atoms with E-state index >= 15 is 0 Å². The standard InChI is InChI=1S/C19H15ClN2O/c20-14-6-7-15-18(10-14)22-17-8-9-23-12-16(17)19(15)21-11-13-4-2-1-3-5-13/h1-7,10-11H,8-9,12H2. The topological polar surface area (TPSA) is 34.5 Å². The highest BCUT2D eigenvalue weighted by Crippen LogP contribution is 2.34. The van der Waals surface area contributed by atoms with Gasteiger partial charge in [0, 0.05) is 28.6 Å². The largest absolute Gasteiger partial charge is 0.376 e. The van der Waals surface area contributed by atoms with Gasteiger partial charge in [-0.05, 0) is 23.8 Å². The Morgan fingerprint density at radius 2 is 2.00 bits per heavy atom. The third-order valence-electron chi connectivity index (χ3n) is 3.98. The predicted octanol–water partition coefficient (Wildman–Crippen LogP) is 4.71. The van der Waals surface area contributed by atoms with Crippen LogP contribution in [0.3, 0.4) is 0 Å². The second-order valence-electron chi connectivity index (χ2n) is 5.52. The molecule has 0 amide bonds. The molecule has 0 atom stereocenters. The maximum absolute atomic E-state index is 6.12. The molecule has 114 valence electrons. The van der Waals surface area contributed by atoms with Crippen molar-refractivity contribution in [2.75, 3.05) is 6.61 Å². The van der Waals surface area contributed by atoms with Crippen molar-refractivity contribution in [1.29, 1.82) is 0 Å². The Morgan fingerprint density at radius 3 is 2.87 bits per heavy atom. The maximum Gasteiger partial charge on any atom is 0.0797 e. The van der Waals surface area contributed by atoms with Crippen LogP contribution in [-0.4, -0.2) is 17.8 Å². The molecule has 4 rings (SSSR count). The van der Waals surface area contributed by atoms with Gasteiger partial charge >= 0.3 is 0 Å². The lowest BCUT2D eigenvalue weighted by atomic mass is 10.0. The molecule has 0 saturated heterocycles. The van der Waals surface area contributed by atoms with E-state index in [-0.39, 0.29) is 0 Å². The van der Waals surface area contributed by atoms with Crippen molar-refractivity contribution in [3.63, 3.8) is 0 Å². The molecule has 0 saturated carbocycles. The van der Waals surface area contributed by atoms with E-state index in [1.165, 1.54) is 0 Å². The van der Waals surface area contributed by atoms with Crippen LogP contribution < -0.4 is 0 Å². The molecular formula is C19H15ClN2O. The van der Waals surface area contributed by atoms with Crippen molar-refractivity contribution in [3.05, 3.63) is 70.4 Å². The fraction of sp³-hybridized carbons (Fsp3) is 0.158. The van der Waals surface area contributed by atoms with Crippen molar-refractivity contribution in [2.45, 2.75) is 13.0 Å². The molecule has 0 fully saturated rings. The van der Waals surface area contributed by atoms with Gasteiger partial charge in [-0.1, -0.05) is 41.9 Å². The number of aromatic nitrogens is 1. The fourth-order valence-corrected chi connectivity index (χ4v) is 3.00. The first-order valence-corrected chi connectivity index (χ1v) is 7.97. The number of halogens is 1. The van der Waals surface area contributed by atoms with Crippen molar-refractivity contribution in [1.82, 2.24) is 4.98 Å². The van der Waals surface area contributed by atoms with Crippen LogP contribution in [0.25, 0.3) is 10.9 Å². The molecule has 0 aliphatic carbocycles. The molecule has 0 N–H and O–H groups in total. The Kier molecular flexibility index (Phi) is 3.82. The van der Waals surface area contributed by atoms with Crippen LogP contribution in [0.2, 0.25) is 5.02 Å². The highest BCUT2D eigenvalue weighted by molar-refractivity contribution is 6.31. The molecule has 0 unspecified atom stereocenters. The zero-order valence-corrected chi connectivity index (χ0v) is 13.3. The van der Waals surface area contributed by atoms with Gasteiger partial charge in [0.25, 0.3) is 0 Å². The summed E-state index contributed by atoms with van der Waals surface area (Å²) in [6, 6.07) is 15.8. The van der Waals surface area contributed by atoms with Gasteiger partial charge in [-0.3, -0.25) is 9.98 Å². The lowest BCUT2D eigenvalue weighted by Gasteiger charge is -2.19. The summed E-state index contributed by atoms with van der Waals surface area (Å²) in [5.74, 6) is 0. The molecule has 0 radical (unpaired) electrons. The lowest BCUT2D eigenvalue weighted by Crippen LogP contribution is -2.12. The van der Waals surface area contributed by atoms with Crippen molar-refractivity contribution >= 4 is 34.4 Å². The number of fused-ring (bicyclic) bond motifs is 2. The SMILES string of the molecule is Clc1ccc2c(N=Cc3ccccc3)c3c(nc2c1)CCOC3. The molecule has 2 heterocycles. The molecule has 3 aromatic rings. The summed E-state index contributed by atoms with van der Waals surface area (Å²) in [6.45, 7) is 1.26. The molecule has 1 aliphatic heterocycles. The molecule has 4 heteroatoms. The van der Waals surface area contributed by atoms with E-state index in [9.17, 15) is 0 Å². The number of hydrogen-bond acceptors (Lipinski definition) is 3. The van der Waals surface area contributed by atoms with Gasteiger partial charge in [0.1, 0.15) is 0 Å². The number of benzene rings is 2. The minimum atomic E-state index is 0.558. The summed E-state index contributed by atoms with van der Waals surface area (Å²) in [7, 11) is 0. The number of pyridine rings is 1. The van der Waals surface area contributed by atoms with E-state index < -0.39 is 0 Å². The Hall–Kier alpha value is -2.23. The molecule has 3 nitrogen and oxygen atoms in total. The molecule has 0 spiro atoms. The smallest absolute Gasteiger partial charge is 0.0797 e. The van der Waals surface area contributed by atoms with Crippen LogP contribution in [0, 0.1) is 0 Å². The summed E-state index contributed by atoms with van der Waals surface area (Å²) < 4.78 is 5.62. The molecule has 23 heavy (non-hydrogen) atoms. The summed E-state index contributed by atoms with van der Waals surface area (Å²) in [5.41, 5.74) is 5.03. The van der Waals surface area contributed by atoms with E-state index in [4.69, 9.17) is 26.3 Å². The summed E-state index contributed by atoms with van der Waals surface area (Å²) in [4.78, 5) is 9.51. The van der Waals surface area contributed by atoms with Gasteiger partial charge in [-0.25, -0.2) is 0 Å². The van der Waals surface area contributed by atoms with Gasteiger partial charge in [0.05, 0.1) is 30.1 Å². The molecular weight excluding hydrogens is 308 g/mol. The van der Waals surface area contributed by atoms with Crippen molar-refractivity contribution in [2.24, 2.45) is 4.99 Å². The van der Waals surface area contributed by atoms with Gasteiger partial charge in [0.15, 0.2) is 0 Å². The summed E-state index contributed by atoms with van der Waals surface area (Å²) in [5, 5.41) is 1.70. The number of aliphatic imine (C=N–C) groups is 1. The number of ether oxygens (including phenoxy) is 1. The first-order valence-electron chi connectivity index (χ1n) is 7.59. The Bertz CT molecular complexity index is 891. The van der Waals surface area contributed by atoms with Crippen LogP contribution in [0.1, 0.15) is 16.8 Å². The average Bonchev–Trinajstić information content (AvgIpc) is 2.59. The lowest BCUT2D eigenvalue weighted by molar-refractivity contribution is 0.110. The van der Waals surface area contributed by atoms with E-state index in [1.54, 1.807) is 0 Å². The Balaban J connectivity index is 1.90. The van der Waals surface area contributed by atoms with Crippen molar-refractivity contribution in [3.8, 4) is 0 Å². The minimum Gasteiger partial charge on any atom is -0.376 e. The van der Waals surface area contributed by atoms with Crippen LogP contribution >= 0.6 is 11.6 Å². The molecule has 0 bridgehead atoms. The zero-order valence-electron chi connectivity index (χ0n) is 12.5. The normalized spacial score (nSPS) is 14.3. The van der Waals surface area contributed by atoms with Gasteiger partial charge < -0.3 is 4.74 Å². The zero-order chi connectivity index (χ0) is 15.6. The first-order chi connectivity index (χ1) is 11.3.